The van der Waals surface area contributed by atoms with Crippen LogP contribution in [0.15, 0.2) is 16.6 Å². The average molecular weight is 467 g/mol. The quantitative estimate of drug-likeness (QED) is 0.443. The Labute approximate surface area is 188 Å². The fourth-order valence-electron chi connectivity index (χ4n) is 4.98. The molecule has 0 bridgehead atoms. The molecule has 3 aromatic rings. The summed E-state index contributed by atoms with van der Waals surface area (Å²) in [5, 5.41) is 1.19. The Hall–Kier alpha value is -1.88. The SMILES string of the molecule is [CH]CCC1CCN(c2nc(C)nc3c2c(C)c(C)n3-c2c(C)cc(Br)cc2C)CC1. The van der Waals surface area contributed by atoms with E-state index in [4.69, 9.17) is 16.9 Å². The Bertz CT molecular complexity index is 1070. The summed E-state index contributed by atoms with van der Waals surface area (Å²) in [4.78, 5) is 12.3. The van der Waals surface area contributed by atoms with E-state index in [1.807, 2.05) is 6.92 Å². The number of anilines is 1. The molecule has 1 saturated heterocycles. The summed E-state index contributed by atoms with van der Waals surface area (Å²) in [5.74, 6) is 2.66. The Kier molecular flexibility index (Phi) is 5.93. The third-order valence-electron chi connectivity index (χ3n) is 6.62. The second-order valence-corrected chi connectivity index (χ2v) is 9.65. The van der Waals surface area contributed by atoms with Crippen molar-refractivity contribution in [1.29, 1.82) is 0 Å². The first kappa shape index (κ1) is 21.4. The highest BCUT2D eigenvalue weighted by Crippen LogP contribution is 2.37. The Morgan fingerprint density at radius 1 is 1.03 bits per heavy atom. The first-order valence-corrected chi connectivity index (χ1v) is 11.7. The number of aryl methyl sites for hydroxylation is 4. The number of aromatic nitrogens is 3. The minimum atomic E-state index is 0.741. The number of piperidine rings is 1. The number of rotatable bonds is 4. The smallest absolute Gasteiger partial charge is 0.150 e. The number of fused-ring (bicyclic) bond motifs is 1. The van der Waals surface area contributed by atoms with Crippen molar-refractivity contribution in [3.8, 4) is 5.69 Å². The minimum Gasteiger partial charge on any atom is -0.356 e. The van der Waals surface area contributed by atoms with E-state index < -0.39 is 0 Å². The second kappa shape index (κ2) is 8.33. The molecule has 4 rings (SSSR count). The molecule has 0 aliphatic carbocycles. The highest BCUT2D eigenvalue weighted by Gasteiger charge is 2.26. The van der Waals surface area contributed by atoms with Gasteiger partial charge in [-0.3, -0.25) is 4.57 Å². The van der Waals surface area contributed by atoms with Gasteiger partial charge in [0.05, 0.1) is 11.1 Å². The molecule has 0 spiro atoms. The van der Waals surface area contributed by atoms with Crippen LogP contribution in [0.25, 0.3) is 16.7 Å². The lowest BCUT2D eigenvalue weighted by Crippen LogP contribution is -2.34. The van der Waals surface area contributed by atoms with Crippen LogP contribution >= 0.6 is 15.9 Å². The van der Waals surface area contributed by atoms with Gasteiger partial charge in [-0.2, -0.15) is 0 Å². The van der Waals surface area contributed by atoms with Gasteiger partial charge in [-0.05, 0) is 95.5 Å². The van der Waals surface area contributed by atoms with E-state index in [1.54, 1.807) is 0 Å². The highest BCUT2D eigenvalue weighted by atomic mass is 79.9. The average Bonchev–Trinajstić information content (AvgIpc) is 2.92. The molecule has 1 aliphatic heterocycles. The van der Waals surface area contributed by atoms with E-state index in [9.17, 15) is 0 Å². The molecule has 2 aromatic heterocycles. The van der Waals surface area contributed by atoms with Gasteiger partial charge in [0, 0.05) is 23.3 Å². The van der Waals surface area contributed by atoms with E-state index in [0.717, 1.165) is 53.6 Å². The molecular weight excluding hydrogens is 436 g/mol. The van der Waals surface area contributed by atoms with Crippen molar-refractivity contribution in [3.63, 3.8) is 0 Å². The molecule has 0 N–H and O–H groups in total. The fraction of sp³-hybridized carbons (Fsp3) is 0.480. The van der Waals surface area contributed by atoms with Crippen molar-refractivity contribution in [3.05, 3.63) is 51.7 Å². The largest absolute Gasteiger partial charge is 0.356 e. The van der Waals surface area contributed by atoms with Crippen LogP contribution in [0.2, 0.25) is 0 Å². The lowest BCUT2D eigenvalue weighted by molar-refractivity contribution is 0.383. The molecule has 0 amide bonds. The summed E-state index contributed by atoms with van der Waals surface area (Å²) in [7, 11) is 0. The number of hydrogen-bond donors (Lipinski definition) is 0. The third-order valence-corrected chi connectivity index (χ3v) is 7.07. The second-order valence-electron chi connectivity index (χ2n) is 8.73. The predicted octanol–water partition coefficient (Wildman–Crippen LogP) is 6.43. The van der Waals surface area contributed by atoms with Crippen LogP contribution in [0, 0.1) is 47.5 Å². The van der Waals surface area contributed by atoms with E-state index in [-0.39, 0.29) is 0 Å². The molecule has 1 aromatic carbocycles. The maximum atomic E-state index is 5.79. The first-order valence-electron chi connectivity index (χ1n) is 10.9. The van der Waals surface area contributed by atoms with Gasteiger partial charge in [-0.15, -0.1) is 0 Å². The van der Waals surface area contributed by atoms with Gasteiger partial charge in [0.15, 0.2) is 5.65 Å². The normalized spacial score (nSPS) is 15.4. The van der Waals surface area contributed by atoms with E-state index in [2.05, 4.69) is 65.2 Å². The molecule has 158 valence electrons. The summed E-state index contributed by atoms with van der Waals surface area (Å²) in [6.07, 6.45) is 4.29. The Morgan fingerprint density at radius 3 is 2.27 bits per heavy atom. The number of nitrogens with zero attached hydrogens (tertiary/aromatic N) is 4. The molecule has 0 atom stereocenters. The highest BCUT2D eigenvalue weighted by molar-refractivity contribution is 9.10. The molecule has 2 radical (unpaired) electrons. The topological polar surface area (TPSA) is 34.0 Å². The van der Waals surface area contributed by atoms with E-state index >= 15 is 0 Å². The molecule has 3 heterocycles. The molecule has 0 unspecified atom stereocenters. The molecular formula is C25H31BrN4. The van der Waals surface area contributed by atoms with Crippen molar-refractivity contribution < 1.29 is 0 Å². The molecule has 0 saturated carbocycles. The summed E-state index contributed by atoms with van der Waals surface area (Å²) in [6.45, 7) is 18.6. The molecule has 4 nitrogen and oxygen atoms in total. The van der Waals surface area contributed by atoms with Crippen LogP contribution in [0.1, 0.15) is 53.9 Å². The predicted molar refractivity (Wildman–Crippen MR) is 129 cm³/mol. The molecule has 1 fully saturated rings. The first-order chi connectivity index (χ1) is 14.3. The van der Waals surface area contributed by atoms with Crippen molar-refractivity contribution in [1.82, 2.24) is 14.5 Å². The van der Waals surface area contributed by atoms with Gasteiger partial charge in [0.2, 0.25) is 0 Å². The van der Waals surface area contributed by atoms with E-state index in [0.29, 0.717) is 0 Å². The molecule has 30 heavy (non-hydrogen) atoms. The van der Waals surface area contributed by atoms with Crippen LogP contribution in [-0.2, 0) is 0 Å². The number of benzene rings is 1. The van der Waals surface area contributed by atoms with Gasteiger partial charge < -0.3 is 4.90 Å². The maximum absolute atomic E-state index is 5.79. The monoisotopic (exact) mass is 466 g/mol. The van der Waals surface area contributed by atoms with Crippen LogP contribution in [0.3, 0.4) is 0 Å². The summed E-state index contributed by atoms with van der Waals surface area (Å²) < 4.78 is 3.44. The Balaban J connectivity index is 1.88. The van der Waals surface area contributed by atoms with Gasteiger partial charge in [-0.1, -0.05) is 22.4 Å². The Morgan fingerprint density at radius 2 is 1.67 bits per heavy atom. The summed E-state index contributed by atoms with van der Waals surface area (Å²) in [6, 6.07) is 4.36. The zero-order chi connectivity index (χ0) is 21.6. The summed E-state index contributed by atoms with van der Waals surface area (Å²) in [5.41, 5.74) is 7.22. The van der Waals surface area contributed by atoms with Gasteiger partial charge in [0.1, 0.15) is 11.6 Å². The van der Waals surface area contributed by atoms with Gasteiger partial charge in [0.25, 0.3) is 0 Å². The van der Waals surface area contributed by atoms with Crippen LogP contribution < -0.4 is 4.90 Å². The maximum Gasteiger partial charge on any atom is 0.150 e. The van der Waals surface area contributed by atoms with Crippen molar-refractivity contribution in [2.45, 2.75) is 60.3 Å². The number of halogens is 1. The van der Waals surface area contributed by atoms with Crippen LogP contribution in [0.5, 0.6) is 0 Å². The van der Waals surface area contributed by atoms with Crippen LogP contribution in [0.4, 0.5) is 5.82 Å². The molecule has 1 aliphatic rings. The van der Waals surface area contributed by atoms with Crippen molar-refractivity contribution >= 4 is 32.8 Å². The van der Waals surface area contributed by atoms with Crippen LogP contribution in [-0.4, -0.2) is 27.6 Å². The van der Waals surface area contributed by atoms with Gasteiger partial charge >= 0.3 is 0 Å². The van der Waals surface area contributed by atoms with Gasteiger partial charge in [-0.25, -0.2) is 9.97 Å². The molecule has 5 heteroatoms. The fourth-order valence-corrected chi connectivity index (χ4v) is 5.66. The minimum absolute atomic E-state index is 0.741. The standard InChI is InChI=1S/C25H31BrN4/c1-7-8-20-9-11-29(12-10-20)24-22-17(4)18(5)30(25(22)28-19(6)27-24)23-15(2)13-21(26)14-16(23)3/h1,13-14,20H,7-12H2,2-6H3. The van der Waals surface area contributed by atoms with E-state index in [1.165, 1.54) is 46.3 Å². The summed E-state index contributed by atoms with van der Waals surface area (Å²) >= 11 is 3.63. The zero-order valence-electron chi connectivity index (χ0n) is 18.7. The lowest BCUT2D eigenvalue weighted by Gasteiger charge is -2.33. The lowest BCUT2D eigenvalue weighted by atomic mass is 9.92. The van der Waals surface area contributed by atoms with Crippen molar-refractivity contribution in [2.75, 3.05) is 18.0 Å². The van der Waals surface area contributed by atoms with Crippen molar-refractivity contribution in [2.24, 2.45) is 5.92 Å². The zero-order valence-corrected chi connectivity index (χ0v) is 20.3. The third kappa shape index (κ3) is 3.66. The number of hydrogen-bond acceptors (Lipinski definition) is 3.